The molecule has 4 rings (SSSR count). The zero-order valence-corrected chi connectivity index (χ0v) is 16.4. The highest BCUT2D eigenvalue weighted by atomic mass is 16.5. The molecule has 0 saturated heterocycles. The minimum absolute atomic E-state index is 0.155. The molecular weight excluding hydrogens is 352 g/mol. The van der Waals surface area contributed by atoms with Gasteiger partial charge in [0, 0.05) is 11.9 Å². The van der Waals surface area contributed by atoms with Gasteiger partial charge in [-0.25, -0.2) is 9.67 Å². The maximum Gasteiger partial charge on any atom is 0.267 e. The lowest BCUT2D eigenvalue weighted by atomic mass is 10.1. The maximum absolute atomic E-state index is 13.2. The zero-order valence-electron chi connectivity index (χ0n) is 16.4. The minimum atomic E-state index is -0.155. The third-order valence-electron chi connectivity index (χ3n) is 4.72. The molecule has 0 saturated carbocycles. The number of ether oxygens (including phenoxy) is 1. The first kappa shape index (κ1) is 18.0. The van der Waals surface area contributed by atoms with Crippen LogP contribution in [0.15, 0.2) is 53.5 Å². The molecule has 0 fully saturated rings. The Balaban J connectivity index is 1.89. The fourth-order valence-electron chi connectivity index (χ4n) is 3.35. The van der Waals surface area contributed by atoms with Gasteiger partial charge in [-0.15, -0.1) is 0 Å². The molecule has 4 aromatic rings. The summed E-state index contributed by atoms with van der Waals surface area (Å²) < 4.78 is 8.99. The Kier molecular flexibility index (Phi) is 4.47. The summed E-state index contributed by atoms with van der Waals surface area (Å²) in [6, 6.07) is 13.7. The first-order valence-corrected chi connectivity index (χ1v) is 9.28. The highest BCUT2D eigenvalue weighted by Crippen LogP contribution is 2.24. The lowest BCUT2D eigenvalue weighted by Gasteiger charge is -2.10. The van der Waals surface area contributed by atoms with E-state index in [9.17, 15) is 4.79 Å². The Labute approximate surface area is 163 Å². The topological polar surface area (TPSA) is 61.4 Å². The lowest BCUT2D eigenvalue weighted by molar-refractivity contribution is 0.342. The average Bonchev–Trinajstić information content (AvgIpc) is 3.04. The van der Waals surface area contributed by atoms with E-state index in [1.165, 1.54) is 9.96 Å². The summed E-state index contributed by atoms with van der Waals surface area (Å²) in [7, 11) is 0. The number of aryl methyl sites for hydroxylation is 3. The second-order valence-corrected chi connectivity index (χ2v) is 6.79. The van der Waals surface area contributed by atoms with Crippen LogP contribution in [0.4, 0.5) is 0 Å². The number of hydrogen-bond donors (Lipinski definition) is 0. The Bertz CT molecular complexity index is 1220. The molecule has 0 radical (unpaired) electrons. The second-order valence-electron chi connectivity index (χ2n) is 6.79. The summed E-state index contributed by atoms with van der Waals surface area (Å²) in [5.41, 5.74) is 5.20. The van der Waals surface area contributed by atoms with Gasteiger partial charge in [0.15, 0.2) is 11.4 Å². The molecule has 28 heavy (non-hydrogen) atoms. The summed E-state index contributed by atoms with van der Waals surface area (Å²) in [6.45, 7) is 8.27. The number of aromatic nitrogens is 4. The van der Waals surface area contributed by atoms with Gasteiger partial charge in [-0.05, 0) is 58.0 Å². The van der Waals surface area contributed by atoms with E-state index in [1.807, 2.05) is 68.8 Å². The number of hydrogen-bond acceptors (Lipinski definition) is 4. The summed E-state index contributed by atoms with van der Waals surface area (Å²) in [5.74, 6) is 0.595. The van der Waals surface area contributed by atoms with Crippen LogP contribution in [-0.2, 0) is 0 Å². The molecule has 6 nitrogen and oxygen atoms in total. The van der Waals surface area contributed by atoms with Gasteiger partial charge in [0.05, 0.1) is 23.6 Å². The Hall–Kier alpha value is -3.41. The van der Waals surface area contributed by atoms with E-state index in [0.29, 0.717) is 35.0 Å². The van der Waals surface area contributed by atoms with E-state index in [-0.39, 0.29) is 5.56 Å². The van der Waals surface area contributed by atoms with Crippen molar-refractivity contribution in [1.82, 2.24) is 19.2 Å². The second kappa shape index (κ2) is 6.96. The molecule has 0 aliphatic heterocycles. The standard InChI is InChI=1S/C22H22N4O2/c1-5-28-19-7-6-12-25-21(19)23-16(4)20(22(25)27)18-13-15(3)26(24-18)17-10-8-14(2)9-11-17/h6-13H,5H2,1-4H3. The van der Waals surface area contributed by atoms with Crippen LogP contribution in [0.3, 0.4) is 0 Å². The molecule has 3 aromatic heterocycles. The molecular formula is C22H22N4O2. The van der Waals surface area contributed by atoms with Crippen molar-refractivity contribution in [2.45, 2.75) is 27.7 Å². The van der Waals surface area contributed by atoms with Gasteiger partial charge >= 0.3 is 0 Å². The predicted molar refractivity (Wildman–Crippen MR) is 109 cm³/mol. The van der Waals surface area contributed by atoms with Crippen LogP contribution in [0.1, 0.15) is 23.9 Å². The molecule has 0 spiro atoms. The number of rotatable bonds is 4. The van der Waals surface area contributed by atoms with Crippen LogP contribution in [0.2, 0.25) is 0 Å². The van der Waals surface area contributed by atoms with Gasteiger partial charge in [-0.2, -0.15) is 5.10 Å². The molecule has 0 aliphatic rings. The Morgan fingerprint density at radius 3 is 2.54 bits per heavy atom. The van der Waals surface area contributed by atoms with Crippen LogP contribution in [0.5, 0.6) is 5.75 Å². The highest BCUT2D eigenvalue weighted by Gasteiger charge is 2.18. The van der Waals surface area contributed by atoms with Gasteiger partial charge < -0.3 is 4.74 Å². The van der Waals surface area contributed by atoms with Gasteiger partial charge in [0.1, 0.15) is 5.69 Å². The molecule has 0 bridgehead atoms. The van der Waals surface area contributed by atoms with Crippen molar-refractivity contribution in [3.8, 4) is 22.7 Å². The van der Waals surface area contributed by atoms with E-state index < -0.39 is 0 Å². The summed E-state index contributed by atoms with van der Waals surface area (Å²) in [4.78, 5) is 17.9. The van der Waals surface area contributed by atoms with Gasteiger partial charge in [0.2, 0.25) is 0 Å². The number of pyridine rings is 1. The summed E-state index contributed by atoms with van der Waals surface area (Å²) in [5, 5.41) is 4.70. The molecule has 3 heterocycles. The normalized spacial score (nSPS) is 11.1. The maximum atomic E-state index is 13.2. The van der Waals surface area contributed by atoms with Gasteiger partial charge in [0.25, 0.3) is 5.56 Å². The molecule has 1 aromatic carbocycles. The third-order valence-corrected chi connectivity index (χ3v) is 4.72. The van der Waals surface area contributed by atoms with Crippen LogP contribution >= 0.6 is 0 Å². The van der Waals surface area contributed by atoms with Crippen LogP contribution in [0.25, 0.3) is 22.6 Å². The van der Waals surface area contributed by atoms with Crippen molar-refractivity contribution < 1.29 is 4.74 Å². The van der Waals surface area contributed by atoms with E-state index in [4.69, 9.17) is 9.84 Å². The first-order chi connectivity index (χ1) is 13.5. The Morgan fingerprint density at radius 2 is 1.82 bits per heavy atom. The van der Waals surface area contributed by atoms with Crippen LogP contribution in [-0.4, -0.2) is 25.8 Å². The minimum Gasteiger partial charge on any atom is -0.490 e. The van der Waals surface area contributed by atoms with Crippen molar-refractivity contribution in [1.29, 1.82) is 0 Å². The number of benzene rings is 1. The molecule has 142 valence electrons. The predicted octanol–water partition coefficient (Wildman–Crippen LogP) is 3.87. The SMILES string of the molecule is CCOc1cccn2c(=O)c(-c3cc(C)n(-c4ccc(C)cc4)n3)c(C)nc12. The van der Waals surface area contributed by atoms with E-state index in [1.54, 1.807) is 12.3 Å². The smallest absolute Gasteiger partial charge is 0.267 e. The average molecular weight is 374 g/mol. The quantitative estimate of drug-likeness (QED) is 0.544. The Morgan fingerprint density at radius 1 is 1.07 bits per heavy atom. The summed E-state index contributed by atoms with van der Waals surface area (Å²) >= 11 is 0. The highest BCUT2D eigenvalue weighted by molar-refractivity contribution is 5.65. The molecule has 0 unspecified atom stereocenters. The largest absolute Gasteiger partial charge is 0.490 e. The van der Waals surface area contributed by atoms with Crippen molar-refractivity contribution in [3.05, 3.63) is 76.0 Å². The third kappa shape index (κ3) is 2.97. The summed E-state index contributed by atoms with van der Waals surface area (Å²) in [6.07, 6.45) is 1.71. The van der Waals surface area contributed by atoms with Crippen molar-refractivity contribution in [3.63, 3.8) is 0 Å². The van der Waals surface area contributed by atoms with Crippen molar-refractivity contribution >= 4 is 5.65 Å². The fourth-order valence-corrected chi connectivity index (χ4v) is 3.35. The number of fused-ring (bicyclic) bond motifs is 1. The van der Waals surface area contributed by atoms with Crippen molar-refractivity contribution in [2.24, 2.45) is 0 Å². The van der Waals surface area contributed by atoms with Crippen molar-refractivity contribution in [2.75, 3.05) is 6.61 Å². The molecule has 0 N–H and O–H groups in total. The van der Waals surface area contributed by atoms with Gasteiger partial charge in [-0.1, -0.05) is 17.7 Å². The lowest BCUT2D eigenvalue weighted by Crippen LogP contribution is -2.19. The molecule has 0 amide bonds. The van der Waals surface area contributed by atoms with Gasteiger partial charge in [-0.3, -0.25) is 9.20 Å². The van der Waals surface area contributed by atoms with E-state index >= 15 is 0 Å². The van der Waals surface area contributed by atoms with E-state index in [0.717, 1.165) is 11.4 Å². The fraction of sp³-hybridized carbons (Fsp3) is 0.227. The zero-order chi connectivity index (χ0) is 19.8. The first-order valence-electron chi connectivity index (χ1n) is 9.28. The van der Waals surface area contributed by atoms with Crippen LogP contribution < -0.4 is 10.3 Å². The van der Waals surface area contributed by atoms with E-state index in [2.05, 4.69) is 4.98 Å². The number of nitrogens with zero attached hydrogens (tertiary/aromatic N) is 4. The molecule has 0 aliphatic carbocycles. The molecule has 6 heteroatoms. The molecule has 0 atom stereocenters. The van der Waals surface area contributed by atoms with Crippen LogP contribution in [0, 0.1) is 20.8 Å². The monoisotopic (exact) mass is 374 g/mol.